The first-order valence-electron chi connectivity index (χ1n) is 14.8. The largest absolute Gasteiger partial charge is 0.461 e. The highest BCUT2D eigenvalue weighted by atomic mass is 16.6. The zero-order chi connectivity index (χ0) is 29.9. The van der Waals surface area contributed by atoms with E-state index in [2.05, 4.69) is 6.58 Å². The van der Waals surface area contributed by atoms with Crippen molar-refractivity contribution in [2.45, 2.75) is 76.3 Å². The molecular formula is C32H36NO9+. The number of hydrogen-bond donors (Lipinski definition) is 2. The van der Waals surface area contributed by atoms with Crippen molar-refractivity contribution in [1.82, 2.24) is 0 Å². The molecule has 9 bridgehead atoms. The van der Waals surface area contributed by atoms with Gasteiger partial charge in [0.1, 0.15) is 18.2 Å². The zero-order valence-electron chi connectivity index (χ0n) is 24.1. The van der Waals surface area contributed by atoms with Crippen molar-refractivity contribution in [2.24, 2.45) is 39.9 Å². The number of carbonyl (C=O) groups is 4. The lowest BCUT2D eigenvalue weighted by Gasteiger charge is -2.65. The summed E-state index contributed by atoms with van der Waals surface area (Å²) in [6, 6.07) is 7.87. The van der Waals surface area contributed by atoms with Crippen LogP contribution in [0.1, 0.15) is 44.0 Å². The van der Waals surface area contributed by atoms with Crippen molar-refractivity contribution in [3.8, 4) is 0 Å². The van der Waals surface area contributed by atoms with Crippen LogP contribution in [0.5, 0.6) is 0 Å². The fourth-order valence-electron chi connectivity index (χ4n) is 12.6. The van der Waals surface area contributed by atoms with Crippen LogP contribution in [0, 0.1) is 39.9 Å². The van der Waals surface area contributed by atoms with E-state index in [1.54, 1.807) is 30.3 Å². The van der Waals surface area contributed by atoms with E-state index in [1.807, 2.05) is 14.0 Å². The number of aliphatic hydroxyl groups excluding tert-OH is 2. The van der Waals surface area contributed by atoms with Crippen LogP contribution in [0.3, 0.4) is 0 Å². The van der Waals surface area contributed by atoms with Gasteiger partial charge in [0, 0.05) is 43.9 Å². The molecule has 6 aliphatic carbocycles. The third kappa shape index (κ3) is 2.47. The molecule has 10 nitrogen and oxygen atoms in total. The zero-order valence-corrected chi connectivity index (χ0v) is 24.1. The van der Waals surface area contributed by atoms with Gasteiger partial charge in [-0.1, -0.05) is 31.7 Å². The van der Waals surface area contributed by atoms with Crippen LogP contribution in [0.2, 0.25) is 0 Å². The number of carbonyl (C=O) groups excluding carboxylic acids is 4. The first kappa shape index (κ1) is 26.5. The molecule has 9 aliphatic rings. The minimum Gasteiger partial charge on any atom is -0.461 e. The second-order valence-electron chi connectivity index (χ2n) is 14.3. The molecule has 9 fully saturated rings. The van der Waals surface area contributed by atoms with Gasteiger partial charge in [-0.25, -0.2) is 4.79 Å². The molecule has 0 aromatic heterocycles. The number of ether oxygens (including phenoxy) is 3. The number of Topliss-reactive ketones (excluding diaryl/α,β-unsaturated/α-hetero) is 1. The summed E-state index contributed by atoms with van der Waals surface area (Å²) in [6.07, 6.45) is -4.02. The lowest BCUT2D eigenvalue weighted by atomic mass is 9.38. The van der Waals surface area contributed by atoms with Gasteiger partial charge in [0.15, 0.2) is 18.1 Å². The Bertz CT molecular complexity index is 1490. The van der Waals surface area contributed by atoms with E-state index in [9.17, 15) is 29.4 Å². The number of rotatable bonds is 4. The van der Waals surface area contributed by atoms with Crippen molar-refractivity contribution < 1.29 is 48.1 Å². The van der Waals surface area contributed by atoms with Gasteiger partial charge in [-0.15, -0.1) is 0 Å². The molecule has 6 saturated carbocycles. The summed E-state index contributed by atoms with van der Waals surface area (Å²) in [4.78, 5) is 53.4. The molecule has 3 heterocycles. The maximum atomic E-state index is 14.5. The van der Waals surface area contributed by atoms with Crippen LogP contribution in [0.15, 0.2) is 42.5 Å². The van der Waals surface area contributed by atoms with E-state index >= 15 is 0 Å². The van der Waals surface area contributed by atoms with Crippen LogP contribution in [0.4, 0.5) is 0 Å². The summed E-state index contributed by atoms with van der Waals surface area (Å²) in [7, 11) is 1.98. The normalized spacial score (nSPS) is 53.3. The van der Waals surface area contributed by atoms with Gasteiger partial charge in [0.25, 0.3) is 0 Å². The number of esters is 3. The van der Waals surface area contributed by atoms with Crippen molar-refractivity contribution in [3.05, 3.63) is 48.0 Å². The van der Waals surface area contributed by atoms with Crippen LogP contribution >= 0.6 is 0 Å². The number of hydrogen-bond acceptors (Lipinski definition) is 9. The Balaban J connectivity index is 1.38. The molecule has 42 heavy (non-hydrogen) atoms. The molecule has 222 valence electrons. The Morgan fingerprint density at radius 3 is 2.31 bits per heavy atom. The summed E-state index contributed by atoms with van der Waals surface area (Å²) in [5.41, 5.74) is -2.07. The number of fused-ring (bicyclic) bond motifs is 1. The lowest BCUT2D eigenvalue weighted by Crippen LogP contribution is -2.74. The molecule has 3 aliphatic heterocycles. The average Bonchev–Trinajstić information content (AvgIpc) is 3.27. The summed E-state index contributed by atoms with van der Waals surface area (Å²) in [5, 5.41) is 24.1. The summed E-state index contributed by atoms with van der Waals surface area (Å²) < 4.78 is 18.6. The number of nitrogens with zero attached hydrogens (tertiary/aromatic N) is 1. The number of piperidine rings is 2. The van der Waals surface area contributed by atoms with E-state index in [1.165, 1.54) is 13.8 Å². The quantitative estimate of drug-likeness (QED) is 0.235. The van der Waals surface area contributed by atoms with E-state index < -0.39 is 88.6 Å². The fourth-order valence-corrected chi connectivity index (χ4v) is 12.6. The Hall–Kier alpha value is -3.08. The predicted molar refractivity (Wildman–Crippen MR) is 143 cm³/mol. The number of aliphatic hydroxyl groups is 2. The summed E-state index contributed by atoms with van der Waals surface area (Å²) in [5.74, 6) is -4.20. The minimum atomic E-state index is -1.02. The summed E-state index contributed by atoms with van der Waals surface area (Å²) in [6.45, 7) is 8.74. The maximum Gasteiger partial charge on any atom is 0.338 e. The Kier molecular flexibility index (Phi) is 4.87. The van der Waals surface area contributed by atoms with Gasteiger partial charge < -0.3 is 24.4 Å². The van der Waals surface area contributed by atoms with Gasteiger partial charge in [0.05, 0.1) is 47.4 Å². The van der Waals surface area contributed by atoms with E-state index in [4.69, 9.17) is 14.2 Å². The average molecular weight is 579 g/mol. The molecule has 1 aromatic rings. The molecule has 2 N–H and O–H groups in total. The molecule has 3 saturated heterocycles. The molecule has 15 atom stereocenters. The third-order valence-electron chi connectivity index (χ3n) is 13.0. The smallest absolute Gasteiger partial charge is 0.338 e. The lowest BCUT2D eigenvalue weighted by molar-refractivity contribution is -0.992. The Morgan fingerprint density at radius 1 is 1.00 bits per heavy atom. The first-order valence-corrected chi connectivity index (χ1v) is 14.8. The van der Waals surface area contributed by atoms with E-state index in [0.717, 1.165) is 0 Å². The second-order valence-corrected chi connectivity index (χ2v) is 14.3. The highest BCUT2D eigenvalue weighted by Gasteiger charge is 3.01. The van der Waals surface area contributed by atoms with Crippen molar-refractivity contribution in [3.63, 3.8) is 0 Å². The number of benzene rings is 1. The number of quaternary nitrogens is 1. The van der Waals surface area contributed by atoms with Crippen molar-refractivity contribution in [2.75, 3.05) is 7.05 Å². The molecule has 10 heteroatoms. The van der Waals surface area contributed by atoms with Crippen molar-refractivity contribution >= 4 is 23.7 Å². The monoisotopic (exact) mass is 578 g/mol. The van der Waals surface area contributed by atoms with Gasteiger partial charge in [-0.05, 0) is 17.7 Å². The van der Waals surface area contributed by atoms with Gasteiger partial charge in [-0.3, -0.25) is 18.9 Å². The van der Waals surface area contributed by atoms with Crippen LogP contribution in [-0.2, 0) is 28.6 Å². The van der Waals surface area contributed by atoms with Gasteiger partial charge in [-0.2, -0.15) is 0 Å². The molecule has 2 spiro atoms. The number of ketones is 1. The fraction of sp³-hybridized carbons (Fsp3) is 0.625. The highest BCUT2D eigenvalue weighted by Crippen LogP contribution is 2.89. The molecule has 0 amide bonds. The highest BCUT2D eigenvalue weighted by molar-refractivity contribution is 5.93. The first-order chi connectivity index (χ1) is 19.8. The maximum absolute atomic E-state index is 14.5. The van der Waals surface area contributed by atoms with Crippen LogP contribution in [-0.4, -0.2) is 88.2 Å². The molecular weight excluding hydrogens is 542 g/mol. The Morgan fingerprint density at radius 2 is 1.67 bits per heavy atom. The predicted octanol–water partition coefficient (Wildman–Crippen LogP) is 1.38. The summed E-state index contributed by atoms with van der Waals surface area (Å²) >= 11 is 0. The van der Waals surface area contributed by atoms with Crippen LogP contribution in [0.25, 0.3) is 0 Å². The molecule has 0 unspecified atom stereocenters. The molecule has 1 aromatic carbocycles. The third-order valence-corrected chi connectivity index (χ3v) is 13.0. The minimum absolute atomic E-state index is 0.140. The standard InChI is InChI=1S/C32H36NO9/c1-13-19-21(36)20-25-32-23-17(11-31(20,26(13)37)24(32)22(19)40-14(2)34)33(25,5)29(39)30(23,4)12-18(27(32)41-15(3)35)42-28(38)16-9-7-6-8-10-16/h6-10,17-20,22-27,29,37,39H,1,11-12H2,2-5H3/q+1/t17-,18-,19-,20+,22+,23+,24+,25+,26+,27+,29-,30+,31+,32+,33+/m0/s1. The Labute approximate surface area is 243 Å². The van der Waals surface area contributed by atoms with Crippen LogP contribution < -0.4 is 0 Å². The van der Waals surface area contributed by atoms with Crippen molar-refractivity contribution in [1.29, 1.82) is 0 Å². The van der Waals surface area contributed by atoms with Gasteiger partial charge in [0.2, 0.25) is 0 Å². The molecule has 10 rings (SSSR count). The van der Waals surface area contributed by atoms with E-state index in [0.29, 0.717) is 17.6 Å². The van der Waals surface area contributed by atoms with Gasteiger partial charge >= 0.3 is 17.9 Å². The SMILES string of the molecule is C=C1[C@H]2C(=O)[C@@H]3[C@@H]4[C@@]56[C@H](OC(C)=O)[C@@H](OC(=O)c7ccccc7)C[C@]7(C)[C@H]5[C@H](C[C@]3([C@@H]1O)[C@H]6[C@@H]2OC(C)=O)[N@@+]4(C)[C@H]7O. The molecule has 0 radical (unpaired) electrons. The van der Waals surface area contributed by atoms with E-state index in [-0.39, 0.29) is 28.6 Å². The topological polar surface area (TPSA) is 136 Å². The second kappa shape index (κ2) is 7.70.